The van der Waals surface area contributed by atoms with Crippen molar-refractivity contribution in [1.29, 1.82) is 0 Å². The van der Waals surface area contributed by atoms with E-state index in [-0.39, 0.29) is 5.97 Å². The molecule has 3 nitrogen and oxygen atoms in total. The largest absolute Gasteiger partial charge is 0.468 e. The van der Waals surface area contributed by atoms with Crippen LogP contribution in [0.4, 0.5) is 0 Å². The lowest BCUT2D eigenvalue weighted by atomic mass is 9.90. The number of nitrogens with one attached hydrogen (secondary N) is 1. The molecule has 1 aliphatic rings. The van der Waals surface area contributed by atoms with Crippen molar-refractivity contribution in [3.05, 3.63) is 34.9 Å². The van der Waals surface area contributed by atoms with Crippen molar-refractivity contribution in [3.63, 3.8) is 0 Å². The average molecular weight is 247 g/mol. The van der Waals surface area contributed by atoms with Crippen LogP contribution >= 0.6 is 0 Å². The number of rotatable bonds is 5. The summed E-state index contributed by atoms with van der Waals surface area (Å²) in [7, 11) is 1.41. The molecule has 1 aliphatic carbocycles. The van der Waals surface area contributed by atoms with Gasteiger partial charge in [-0.05, 0) is 55.3 Å². The van der Waals surface area contributed by atoms with Gasteiger partial charge in [0, 0.05) is 0 Å². The number of hydrogen-bond acceptors (Lipinski definition) is 3. The van der Waals surface area contributed by atoms with Crippen LogP contribution in [-0.2, 0) is 28.8 Å². The second-order valence-corrected chi connectivity index (χ2v) is 4.81. The summed E-state index contributed by atoms with van der Waals surface area (Å²) in [4.78, 5) is 10.9. The minimum Gasteiger partial charge on any atom is -0.468 e. The number of methoxy groups -OCH3 is 1. The fourth-order valence-corrected chi connectivity index (χ4v) is 2.44. The Kier molecular flexibility index (Phi) is 4.76. The molecule has 0 saturated carbocycles. The number of ether oxygens (including phenoxy) is 1. The second kappa shape index (κ2) is 6.55. The molecule has 1 N–H and O–H groups in total. The molecule has 3 heteroatoms. The van der Waals surface area contributed by atoms with Gasteiger partial charge >= 0.3 is 5.97 Å². The quantitative estimate of drug-likeness (QED) is 0.637. The molecule has 2 rings (SSSR count). The lowest BCUT2D eigenvalue weighted by molar-refractivity contribution is -0.139. The van der Waals surface area contributed by atoms with Crippen LogP contribution in [0.1, 0.15) is 29.5 Å². The van der Waals surface area contributed by atoms with Crippen LogP contribution in [0.5, 0.6) is 0 Å². The Hall–Kier alpha value is -1.35. The first-order valence-corrected chi connectivity index (χ1v) is 6.68. The molecule has 1 aromatic rings. The van der Waals surface area contributed by atoms with E-state index in [2.05, 4.69) is 28.3 Å². The molecule has 0 fully saturated rings. The van der Waals surface area contributed by atoms with E-state index < -0.39 is 0 Å². The van der Waals surface area contributed by atoms with Crippen molar-refractivity contribution in [3.8, 4) is 0 Å². The minimum atomic E-state index is -0.208. The first kappa shape index (κ1) is 13.1. The summed E-state index contributed by atoms with van der Waals surface area (Å²) in [6, 6.07) is 6.81. The Morgan fingerprint density at radius 1 is 1.28 bits per heavy atom. The Morgan fingerprint density at radius 2 is 2.06 bits per heavy atom. The molecule has 0 heterocycles. The van der Waals surface area contributed by atoms with Gasteiger partial charge in [-0.25, -0.2) is 0 Å². The molecule has 0 amide bonds. The summed E-state index contributed by atoms with van der Waals surface area (Å²) in [5.74, 6) is -0.208. The third-order valence-electron chi connectivity index (χ3n) is 3.50. The zero-order valence-corrected chi connectivity index (χ0v) is 11.0. The van der Waals surface area contributed by atoms with Crippen LogP contribution in [-0.4, -0.2) is 26.2 Å². The molecule has 0 radical (unpaired) electrons. The molecule has 98 valence electrons. The van der Waals surface area contributed by atoms with E-state index >= 15 is 0 Å². The maximum atomic E-state index is 10.9. The summed E-state index contributed by atoms with van der Waals surface area (Å²) in [6.07, 6.45) is 6.06. The molecular formula is C15H21NO2. The van der Waals surface area contributed by atoms with Crippen molar-refractivity contribution >= 4 is 5.97 Å². The van der Waals surface area contributed by atoms with E-state index in [1.54, 1.807) is 0 Å². The van der Waals surface area contributed by atoms with Gasteiger partial charge in [0.15, 0.2) is 0 Å². The fourth-order valence-electron chi connectivity index (χ4n) is 2.44. The van der Waals surface area contributed by atoms with Gasteiger partial charge in [0.2, 0.25) is 0 Å². The van der Waals surface area contributed by atoms with Gasteiger partial charge in [0.25, 0.3) is 0 Å². The lowest BCUT2D eigenvalue weighted by Gasteiger charge is -2.16. The molecule has 0 unspecified atom stereocenters. The molecule has 0 atom stereocenters. The number of benzene rings is 1. The molecule has 0 spiro atoms. The standard InChI is InChI=1S/C15H21NO2/c1-18-15(17)11-16-9-8-12-6-7-13-4-2-3-5-14(13)10-12/h6-7,10,16H,2-5,8-9,11H2,1H3. The Morgan fingerprint density at radius 3 is 2.83 bits per heavy atom. The number of fused-ring (bicyclic) bond motifs is 1. The number of hydrogen-bond donors (Lipinski definition) is 1. The predicted molar refractivity (Wildman–Crippen MR) is 71.7 cm³/mol. The third kappa shape index (κ3) is 3.57. The van der Waals surface area contributed by atoms with Crippen molar-refractivity contribution in [2.24, 2.45) is 0 Å². The number of carbonyl (C=O) groups excluding carboxylic acids is 1. The summed E-state index contributed by atoms with van der Waals surface area (Å²) < 4.78 is 4.58. The highest BCUT2D eigenvalue weighted by Crippen LogP contribution is 2.22. The third-order valence-corrected chi connectivity index (χ3v) is 3.50. The Bertz CT molecular complexity index is 415. The van der Waals surface area contributed by atoms with Gasteiger partial charge in [-0.1, -0.05) is 18.2 Å². The highest BCUT2D eigenvalue weighted by Gasteiger charge is 2.09. The Balaban J connectivity index is 1.81. The molecule has 0 bridgehead atoms. The van der Waals surface area contributed by atoms with Crippen LogP contribution in [0, 0.1) is 0 Å². The van der Waals surface area contributed by atoms with E-state index in [4.69, 9.17) is 0 Å². The highest BCUT2D eigenvalue weighted by molar-refractivity contribution is 5.71. The SMILES string of the molecule is COC(=O)CNCCc1ccc2c(c1)CCCC2. The maximum Gasteiger partial charge on any atom is 0.319 e. The monoisotopic (exact) mass is 247 g/mol. The van der Waals surface area contributed by atoms with Crippen LogP contribution in [0.2, 0.25) is 0 Å². The first-order chi connectivity index (χ1) is 8.79. The summed E-state index contributed by atoms with van der Waals surface area (Å²) in [5, 5.41) is 3.09. The van der Waals surface area contributed by atoms with E-state index in [9.17, 15) is 4.79 Å². The topological polar surface area (TPSA) is 38.3 Å². The van der Waals surface area contributed by atoms with Crippen molar-refractivity contribution in [2.75, 3.05) is 20.2 Å². The Labute approximate surface area is 109 Å². The molecule has 1 aromatic carbocycles. The van der Waals surface area contributed by atoms with E-state index in [1.807, 2.05) is 0 Å². The van der Waals surface area contributed by atoms with Gasteiger partial charge in [-0.2, -0.15) is 0 Å². The minimum absolute atomic E-state index is 0.208. The van der Waals surface area contributed by atoms with Gasteiger partial charge in [-0.15, -0.1) is 0 Å². The van der Waals surface area contributed by atoms with Gasteiger partial charge in [0.1, 0.15) is 0 Å². The summed E-state index contributed by atoms with van der Waals surface area (Å²) >= 11 is 0. The average Bonchev–Trinajstić information content (AvgIpc) is 2.43. The van der Waals surface area contributed by atoms with Gasteiger partial charge in [0.05, 0.1) is 13.7 Å². The second-order valence-electron chi connectivity index (χ2n) is 4.81. The van der Waals surface area contributed by atoms with Crippen LogP contribution < -0.4 is 5.32 Å². The van der Waals surface area contributed by atoms with Gasteiger partial charge < -0.3 is 10.1 Å². The predicted octanol–water partition coefficient (Wildman–Crippen LogP) is 1.87. The summed E-state index contributed by atoms with van der Waals surface area (Å²) in [5.41, 5.74) is 4.40. The van der Waals surface area contributed by atoms with Crippen molar-refractivity contribution in [1.82, 2.24) is 5.32 Å². The van der Waals surface area contributed by atoms with Crippen LogP contribution in [0.15, 0.2) is 18.2 Å². The number of esters is 1. The number of carbonyl (C=O) groups is 1. The summed E-state index contributed by atoms with van der Waals surface area (Å²) in [6.45, 7) is 1.11. The first-order valence-electron chi connectivity index (χ1n) is 6.68. The molecule has 0 saturated heterocycles. The van der Waals surface area contributed by atoms with E-state index in [0.29, 0.717) is 6.54 Å². The highest BCUT2D eigenvalue weighted by atomic mass is 16.5. The van der Waals surface area contributed by atoms with Crippen molar-refractivity contribution in [2.45, 2.75) is 32.1 Å². The zero-order valence-electron chi connectivity index (χ0n) is 11.0. The van der Waals surface area contributed by atoms with Crippen LogP contribution in [0.3, 0.4) is 0 Å². The van der Waals surface area contributed by atoms with Crippen LogP contribution in [0.25, 0.3) is 0 Å². The molecule has 0 aliphatic heterocycles. The fraction of sp³-hybridized carbons (Fsp3) is 0.533. The van der Waals surface area contributed by atoms with E-state index in [1.165, 1.54) is 49.5 Å². The normalized spacial score (nSPS) is 14.1. The molecule has 18 heavy (non-hydrogen) atoms. The van der Waals surface area contributed by atoms with Crippen molar-refractivity contribution < 1.29 is 9.53 Å². The maximum absolute atomic E-state index is 10.9. The smallest absolute Gasteiger partial charge is 0.319 e. The number of aryl methyl sites for hydroxylation is 2. The van der Waals surface area contributed by atoms with Gasteiger partial charge in [-0.3, -0.25) is 4.79 Å². The molecular weight excluding hydrogens is 226 g/mol. The zero-order chi connectivity index (χ0) is 12.8. The molecule has 0 aromatic heterocycles. The van der Waals surface area contributed by atoms with E-state index in [0.717, 1.165) is 13.0 Å². The lowest BCUT2D eigenvalue weighted by Crippen LogP contribution is -2.25.